The molecule has 442 valence electrons. The first-order valence-electron chi connectivity index (χ1n) is 32.7. The van der Waals surface area contributed by atoms with Crippen LogP contribution in [0, 0.1) is 0 Å². The zero-order valence-corrected chi connectivity index (χ0v) is 49.4. The molecule has 0 aromatic rings. The highest BCUT2D eigenvalue weighted by Crippen LogP contribution is 2.34. The average molecular weight is 1060 g/mol. The second kappa shape index (κ2) is 54.2. The van der Waals surface area contributed by atoms with Crippen LogP contribution in [0.1, 0.15) is 335 Å². The molecule has 1 fully saturated rings. The highest BCUT2D eigenvalue weighted by Gasteiger charge is 2.41. The third-order valence-corrected chi connectivity index (χ3v) is 16.0. The van der Waals surface area contributed by atoms with Gasteiger partial charge in [-0.05, 0) is 89.9 Å². The van der Waals surface area contributed by atoms with Crippen LogP contribution in [0.15, 0.2) is 24.3 Å². The summed E-state index contributed by atoms with van der Waals surface area (Å²) in [6.45, 7) is 4.99. The maximum atomic E-state index is 12.4. The number of allylic oxidation sites excluding steroid dienone is 4. The third-order valence-electron chi connectivity index (χ3n) is 16.0. The minimum Gasteiger partial charge on any atom is -0.481 e. The predicted octanol–water partition coefficient (Wildman–Crippen LogP) is 18.5. The van der Waals surface area contributed by atoms with Crippen LogP contribution in [0.3, 0.4) is 0 Å². The molecule has 9 heteroatoms. The van der Waals surface area contributed by atoms with Crippen LogP contribution in [0.4, 0.5) is 0 Å². The smallest absolute Gasteiger partial charge is 0.306 e. The number of esters is 1. The van der Waals surface area contributed by atoms with Gasteiger partial charge in [-0.1, -0.05) is 256 Å². The number of aliphatic hydroxyl groups excluding tert-OH is 3. The Morgan fingerprint density at radius 1 is 0.480 bits per heavy atom. The fraction of sp³-hybridized carbons (Fsp3) is 0.909. The summed E-state index contributed by atoms with van der Waals surface area (Å²) in [5.41, 5.74) is -0.00517. The Balaban J connectivity index is 2.64. The van der Waals surface area contributed by atoms with E-state index < -0.39 is 43.0 Å². The molecular weight excluding hydrogens is 937 g/mol. The summed E-state index contributed by atoms with van der Waals surface area (Å²) in [7, 11) is 0. The standard InChI is InChI=1S/C66H124O9/c1-3-5-7-9-11-13-15-17-19-21-23-25-33-39-45-51-57-74-66(55-49-43-37-31-26-28-34-40-46-52-62(69)70,54-48-42-36-30-24-22-20-18-16-14-12-10-8-6-4-2)56-50-44-38-32-27-29-35-41-47-53-63(71)75-61(58-67)65-64(72)60(68)59-73-65/h17-20,60-61,64-65,67-68,72H,3-16,21-59H2,1-2H3,(H,69,70)/t60-,61+,64+,65+,66?/m0/s1. The zero-order chi connectivity index (χ0) is 54.4. The Bertz CT molecular complexity index is 1290. The monoisotopic (exact) mass is 1060 g/mol. The van der Waals surface area contributed by atoms with E-state index in [9.17, 15) is 24.9 Å². The first-order valence-corrected chi connectivity index (χ1v) is 32.7. The van der Waals surface area contributed by atoms with Crippen LogP contribution < -0.4 is 0 Å². The Hall–Kier alpha value is -1.78. The fourth-order valence-electron chi connectivity index (χ4n) is 11.1. The number of carboxylic acid groups (broad SMARTS) is 1. The number of ether oxygens (including phenoxy) is 3. The van der Waals surface area contributed by atoms with E-state index in [0.717, 1.165) is 51.6 Å². The van der Waals surface area contributed by atoms with Gasteiger partial charge in [0.05, 0.1) is 18.8 Å². The van der Waals surface area contributed by atoms with Gasteiger partial charge < -0.3 is 34.6 Å². The maximum Gasteiger partial charge on any atom is 0.306 e. The van der Waals surface area contributed by atoms with E-state index in [1.165, 1.54) is 263 Å². The molecule has 9 nitrogen and oxygen atoms in total. The first-order chi connectivity index (χ1) is 36.8. The molecular formula is C66H124O9. The van der Waals surface area contributed by atoms with Crippen molar-refractivity contribution >= 4 is 11.9 Å². The lowest BCUT2D eigenvalue weighted by atomic mass is 9.84. The normalized spacial score (nSPS) is 17.2. The molecule has 0 spiro atoms. The van der Waals surface area contributed by atoms with Gasteiger partial charge in [0, 0.05) is 19.4 Å². The van der Waals surface area contributed by atoms with Crippen LogP contribution in [0.5, 0.6) is 0 Å². The van der Waals surface area contributed by atoms with Gasteiger partial charge in [-0.3, -0.25) is 9.59 Å². The number of aliphatic carboxylic acids is 1. The quantitative estimate of drug-likeness (QED) is 0.0266. The van der Waals surface area contributed by atoms with Crippen LogP contribution >= 0.6 is 0 Å². The van der Waals surface area contributed by atoms with Gasteiger partial charge in [0.2, 0.25) is 0 Å². The molecule has 5 atom stereocenters. The number of carboxylic acids is 1. The van der Waals surface area contributed by atoms with Crippen molar-refractivity contribution in [2.45, 2.75) is 365 Å². The predicted molar refractivity (Wildman–Crippen MR) is 316 cm³/mol. The summed E-state index contributed by atoms with van der Waals surface area (Å²) in [5, 5.41) is 38.5. The van der Waals surface area contributed by atoms with Gasteiger partial charge in [-0.25, -0.2) is 0 Å². The SMILES string of the molecule is CCCCCCCCC=CCCCCCCCCOC(CCCCCCCC=CCCCCCCCC)(CCCCCCCCCCCC(=O)O)CCCCCCCCCCCC(=O)O[C@H](CO)[C@H]1OC[C@H](O)[C@H]1O. The first kappa shape index (κ1) is 71.2. The molecule has 1 heterocycles. The molecule has 75 heavy (non-hydrogen) atoms. The molecule has 4 N–H and O–H groups in total. The minimum atomic E-state index is -1.17. The highest BCUT2D eigenvalue weighted by molar-refractivity contribution is 5.69. The molecule has 1 saturated heterocycles. The molecule has 0 radical (unpaired) electrons. The molecule has 0 aromatic carbocycles. The minimum absolute atomic E-state index is 0.00517. The van der Waals surface area contributed by atoms with Crippen LogP contribution in [0.25, 0.3) is 0 Å². The van der Waals surface area contributed by atoms with Crippen LogP contribution in [-0.4, -0.2) is 82.2 Å². The molecule has 1 unspecified atom stereocenters. The van der Waals surface area contributed by atoms with Crippen LogP contribution in [0.2, 0.25) is 0 Å². The molecule has 1 rings (SSSR count). The summed E-state index contributed by atoms with van der Waals surface area (Å²) < 4.78 is 17.9. The van der Waals surface area contributed by atoms with Crippen molar-refractivity contribution in [2.75, 3.05) is 19.8 Å². The van der Waals surface area contributed by atoms with Crippen LogP contribution in [-0.2, 0) is 23.8 Å². The second-order valence-electron chi connectivity index (χ2n) is 23.1. The highest BCUT2D eigenvalue weighted by atomic mass is 16.6. The van der Waals surface area contributed by atoms with E-state index in [-0.39, 0.29) is 18.6 Å². The molecule has 0 aliphatic carbocycles. The summed E-state index contributed by atoms with van der Waals surface area (Å²) in [6.07, 6.45) is 66.3. The zero-order valence-electron chi connectivity index (χ0n) is 49.4. The molecule has 1 aliphatic heterocycles. The van der Waals surface area contributed by atoms with Crippen molar-refractivity contribution in [3.63, 3.8) is 0 Å². The number of hydrogen-bond donors (Lipinski definition) is 4. The Morgan fingerprint density at radius 3 is 1.16 bits per heavy atom. The summed E-state index contributed by atoms with van der Waals surface area (Å²) in [6, 6.07) is 0. The van der Waals surface area contributed by atoms with E-state index in [0.29, 0.717) is 6.42 Å². The third kappa shape index (κ3) is 44.7. The largest absolute Gasteiger partial charge is 0.481 e. The van der Waals surface area contributed by atoms with Gasteiger partial charge in [0.1, 0.15) is 18.3 Å². The lowest BCUT2D eigenvalue weighted by Crippen LogP contribution is -2.43. The van der Waals surface area contributed by atoms with E-state index in [1.807, 2.05) is 0 Å². The van der Waals surface area contributed by atoms with Gasteiger partial charge in [-0.15, -0.1) is 0 Å². The van der Waals surface area contributed by atoms with Gasteiger partial charge in [-0.2, -0.15) is 0 Å². The van der Waals surface area contributed by atoms with E-state index in [1.54, 1.807) is 0 Å². The number of rotatable bonds is 59. The summed E-state index contributed by atoms with van der Waals surface area (Å²) in [4.78, 5) is 23.3. The van der Waals surface area contributed by atoms with E-state index >= 15 is 0 Å². The lowest BCUT2D eigenvalue weighted by Gasteiger charge is -2.35. The average Bonchev–Trinajstić information content (AvgIpc) is 3.74. The number of aliphatic hydroxyl groups is 3. The number of carbonyl (C=O) groups is 2. The van der Waals surface area contributed by atoms with Gasteiger partial charge in [0.25, 0.3) is 0 Å². The van der Waals surface area contributed by atoms with Gasteiger partial charge >= 0.3 is 11.9 Å². The van der Waals surface area contributed by atoms with E-state index in [2.05, 4.69) is 38.2 Å². The topological polar surface area (TPSA) is 143 Å². The van der Waals surface area contributed by atoms with Crippen molar-refractivity contribution in [3.05, 3.63) is 24.3 Å². The Labute approximate surface area is 463 Å². The van der Waals surface area contributed by atoms with Crippen molar-refractivity contribution in [1.82, 2.24) is 0 Å². The molecule has 0 bridgehead atoms. The molecule has 0 saturated carbocycles. The van der Waals surface area contributed by atoms with Crippen molar-refractivity contribution in [2.24, 2.45) is 0 Å². The lowest BCUT2D eigenvalue weighted by molar-refractivity contribution is -0.162. The summed E-state index contributed by atoms with van der Waals surface area (Å²) in [5.74, 6) is -1.07. The Morgan fingerprint density at radius 2 is 0.813 bits per heavy atom. The molecule has 1 aliphatic rings. The molecule has 0 aromatic heterocycles. The van der Waals surface area contributed by atoms with Crippen molar-refractivity contribution in [1.29, 1.82) is 0 Å². The summed E-state index contributed by atoms with van der Waals surface area (Å²) >= 11 is 0. The number of hydrogen-bond acceptors (Lipinski definition) is 8. The second-order valence-corrected chi connectivity index (χ2v) is 23.1. The van der Waals surface area contributed by atoms with Gasteiger partial charge in [0.15, 0.2) is 6.10 Å². The maximum absolute atomic E-state index is 12.4. The number of carbonyl (C=O) groups excluding carboxylic acids is 1. The van der Waals surface area contributed by atoms with Crippen molar-refractivity contribution in [3.8, 4) is 0 Å². The fourth-order valence-corrected chi connectivity index (χ4v) is 11.1. The van der Waals surface area contributed by atoms with E-state index in [4.69, 9.17) is 19.3 Å². The van der Waals surface area contributed by atoms with Crippen molar-refractivity contribution < 1.29 is 44.2 Å². The molecule has 0 amide bonds. The Kier molecular flexibility index (Phi) is 51.5. The number of unbranched alkanes of at least 4 members (excludes halogenated alkanes) is 39.